The number of sulfone groups is 1. The molecule has 0 aromatic rings. The Morgan fingerprint density at radius 3 is 2.43 bits per heavy atom. The van der Waals surface area contributed by atoms with Crippen molar-refractivity contribution in [2.45, 2.75) is 39.7 Å². The molecule has 0 bridgehead atoms. The zero-order valence-corrected chi connectivity index (χ0v) is 15.4. The Kier molecular flexibility index (Phi) is 6.44. The van der Waals surface area contributed by atoms with Crippen LogP contribution in [-0.4, -0.2) is 62.6 Å². The third-order valence-corrected chi connectivity index (χ3v) is 5.29. The average Bonchev–Trinajstić information content (AvgIpc) is 2.74. The van der Waals surface area contributed by atoms with Gasteiger partial charge >= 0.3 is 6.09 Å². The maximum absolute atomic E-state index is 12.0. The molecule has 0 spiro atoms. The number of hydrogen-bond donors (Lipinski definition) is 1. The van der Waals surface area contributed by atoms with Gasteiger partial charge in [0.1, 0.15) is 5.60 Å². The van der Waals surface area contributed by atoms with E-state index in [-0.39, 0.29) is 23.3 Å². The Balaban J connectivity index is 2.35. The van der Waals surface area contributed by atoms with Crippen molar-refractivity contribution in [3.63, 3.8) is 0 Å². The van der Waals surface area contributed by atoms with Gasteiger partial charge < -0.3 is 15.0 Å². The fourth-order valence-corrected chi connectivity index (χ4v) is 4.11. The molecule has 1 aliphatic heterocycles. The van der Waals surface area contributed by atoms with Crippen LogP contribution in [-0.2, 0) is 19.4 Å². The van der Waals surface area contributed by atoms with Gasteiger partial charge in [0, 0.05) is 20.1 Å². The molecule has 0 aromatic heterocycles. The second-order valence-electron chi connectivity index (χ2n) is 7.31. The molecule has 7 nitrogen and oxygen atoms in total. The standard InChI is InChI=1S/C15H28N2O5S/c1-11(9-17(5)14(19)22-15(2,3)4)8-16-13(18)12-6-7-23(20,21)10-12/h11-12H,6-10H2,1-5H3,(H,16,18)/t11-,12-/m0/s1. The molecule has 1 N–H and O–H groups in total. The van der Waals surface area contributed by atoms with Gasteiger partial charge in [0.05, 0.1) is 17.4 Å². The Hall–Kier alpha value is -1.31. The summed E-state index contributed by atoms with van der Waals surface area (Å²) in [5, 5.41) is 2.77. The Labute approximate surface area is 138 Å². The molecular weight excluding hydrogens is 320 g/mol. The lowest BCUT2D eigenvalue weighted by Crippen LogP contribution is -2.40. The molecule has 0 aliphatic carbocycles. The number of hydrogen-bond acceptors (Lipinski definition) is 5. The Bertz CT molecular complexity index is 539. The smallest absolute Gasteiger partial charge is 0.410 e. The van der Waals surface area contributed by atoms with Crippen LogP contribution in [0.15, 0.2) is 0 Å². The van der Waals surface area contributed by atoms with E-state index in [2.05, 4.69) is 5.32 Å². The van der Waals surface area contributed by atoms with E-state index in [1.165, 1.54) is 4.90 Å². The number of rotatable bonds is 5. The van der Waals surface area contributed by atoms with Crippen molar-refractivity contribution < 1.29 is 22.7 Å². The molecule has 2 amide bonds. The lowest BCUT2D eigenvalue weighted by molar-refractivity contribution is -0.124. The minimum atomic E-state index is -3.06. The summed E-state index contributed by atoms with van der Waals surface area (Å²) < 4.78 is 28.0. The second-order valence-corrected chi connectivity index (χ2v) is 9.54. The summed E-state index contributed by atoms with van der Waals surface area (Å²) in [5.74, 6) is -0.615. The summed E-state index contributed by atoms with van der Waals surface area (Å²) in [7, 11) is -1.41. The van der Waals surface area contributed by atoms with Gasteiger partial charge in [0.15, 0.2) is 9.84 Å². The molecule has 2 atom stereocenters. The normalized spacial score (nSPS) is 21.5. The molecule has 1 rings (SSSR count). The first-order chi connectivity index (χ1) is 10.4. The van der Waals surface area contributed by atoms with Crippen LogP contribution < -0.4 is 5.32 Å². The van der Waals surface area contributed by atoms with Crippen LogP contribution in [0.2, 0.25) is 0 Å². The van der Waals surface area contributed by atoms with Gasteiger partial charge in [-0.05, 0) is 33.1 Å². The van der Waals surface area contributed by atoms with E-state index in [0.29, 0.717) is 19.5 Å². The van der Waals surface area contributed by atoms with Gasteiger partial charge in [-0.1, -0.05) is 6.92 Å². The van der Waals surface area contributed by atoms with Crippen LogP contribution >= 0.6 is 0 Å². The highest BCUT2D eigenvalue weighted by Gasteiger charge is 2.33. The summed E-state index contributed by atoms with van der Waals surface area (Å²) in [5.41, 5.74) is -0.545. The quantitative estimate of drug-likeness (QED) is 0.801. The largest absolute Gasteiger partial charge is 0.444 e. The molecule has 1 saturated heterocycles. The lowest BCUT2D eigenvalue weighted by Gasteiger charge is -2.26. The van der Waals surface area contributed by atoms with E-state index in [4.69, 9.17) is 4.74 Å². The van der Waals surface area contributed by atoms with E-state index in [9.17, 15) is 18.0 Å². The first-order valence-electron chi connectivity index (χ1n) is 7.82. The topological polar surface area (TPSA) is 92.8 Å². The molecule has 1 aliphatic rings. The number of carbonyl (C=O) groups is 2. The maximum Gasteiger partial charge on any atom is 0.410 e. The highest BCUT2D eigenvalue weighted by atomic mass is 32.2. The summed E-state index contributed by atoms with van der Waals surface area (Å²) in [4.78, 5) is 25.3. The predicted molar refractivity (Wildman–Crippen MR) is 87.8 cm³/mol. The molecule has 0 aromatic carbocycles. The summed E-state index contributed by atoms with van der Waals surface area (Å²) in [6, 6.07) is 0. The number of nitrogens with zero attached hydrogens (tertiary/aromatic N) is 1. The second kappa shape index (κ2) is 7.51. The van der Waals surface area contributed by atoms with Gasteiger partial charge in [-0.25, -0.2) is 13.2 Å². The molecule has 0 unspecified atom stereocenters. The third kappa shape index (κ3) is 7.20. The maximum atomic E-state index is 12.0. The van der Waals surface area contributed by atoms with E-state index in [0.717, 1.165) is 0 Å². The van der Waals surface area contributed by atoms with Crippen molar-refractivity contribution in [3.8, 4) is 0 Å². The number of amides is 2. The van der Waals surface area contributed by atoms with Gasteiger partial charge in [-0.3, -0.25) is 4.79 Å². The fourth-order valence-electron chi connectivity index (χ4n) is 2.37. The zero-order chi connectivity index (χ0) is 17.8. The Morgan fingerprint density at radius 1 is 1.35 bits per heavy atom. The highest BCUT2D eigenvalue weighted by molar-refractivity contribution is 7.91. The van der Waals surface area contributed by atoms with Crippen LogP contribution in [0.1, 0.15) is 34.1 Å². The predicted octanol–water partition coefficient (Wildman–Crippen LogP) is 1.04. The molecule has 1 fully saturated rings. The van der Waals surface area contributed by atoms with Gasteiger partial charge in [-0.15, -0.1) is 0 Å². The SMILES string of the molecule is C[C@@H](CNC(=O)[C@H]1CCS(=O)(=O)C1)CN(C)C(=O)OC(C)(C)C. The van der Waals surface area contributed by atoms with Crippen LogP contribution in [0, 0.1) is 11.8 Å². The van der Waals surface area contributed by atoms with Crippen molar-refractivity contribution in [2.24, 2.45) is 11.8 Å². The van der Waals surface area contributed by atoms with Crippen molar-refractivity contribution in [3.05, 3.63) is 0 Å². The van der Waals surface area contributed by atoms with Crippen LogP contribution in [0.4, 0.5) is 4.79 Å². The van der Waals surface area contributed by atoms with E-state index < -0.39 is 27.4 Å². The van der Waals surface area contributed by atoms with Crippen molar-refractivity contribution in [1.82, 2.24) is 10.2 Å². The molecular formula is C15H28N2O5S. The van der Waals surface area contributed by atoms with Gasteiger partial charge in [0.25, 0.3) is 0 Å². The van der Waals surface area contributed by atoms with Crippen molar-refractivity contribution in [2.75, 3.05) is 31.6 Å². The number of ether oxygens (including phenoxy) is 1. The highest BCUT2D eigenvalue weighted by Crippen LogP contribution is 2.18. The zero-order valence-electron chi connectivity index (χ0n) is 14.6. The average molecular weight is 348 g/mol. The summed E-state index contributed by atoms with van der Waals surface area (Å²) in [6.07, 6.45) is -0.0158. The van der Waals surface area contributed by atoms with Crippen LogP contribution in [0.25, 0.3) is 0 Å². The summed E-state index contributed by atoms with van der Waals surface area (Å²) >= 11 is 0. The lowest BCUT2D eigenvalue weighted by atomic mass is 10.1. The van der Waals surface area contributed by atoms with Crippen molar-refractivity contribution in [1.29, 1.82) is 0 Å². The van der Waals surface area contributed by atoms with E-state index in [1.54, 1.807) is 27.8 Å². The van der Waals surface area contributed by atoms with Crippen LogP contribution in [0.3, 0.4) is 0 Å². The summed E-state index contributed by atoms with van der Waals surface area (Å²) in [6.45, 7) is 8.15. The molecule has 8 heteroatoms. The Morgan fingerprint density at radius 2 is 1.96 bits per heavy atom. The first kappa shape index (κ1) is 19.7. The van der Waals surface area contributed by atoms with E-state index >= 15 is 0 Å². The molecule has 1 heterocycles. The van der Waals surface area contributed by atoms with Crippen molar-refractivity contribution >= 4 is 21.8 Å². The molecule has 23 heavy (non-hydrogen) atoms. The first-order valence-corrected chi connectivity index (χ1v) is 9.64. The minimum Gasteiger partial charge on any atom is -0.444 e. The number of nitrogens with one attached hydrogen (secondary N) is 1. The van der Waals surface area contributed by atoms with Crippen LogP contribution in [0.5, 0.6) is 0 Å². The third-order valence-electron chi connectivity index (χ3n) is 3.52. The van der Waals surface area contributed by atoms with Gasteiger partial charge in [0.2, 0.25) is 5.91 Å². The minimum absolute atomic E-state index is 0.0366. The monoisotopic (exact) mass is 348 g/mol. The number of carbonyl (C=O) groups excluding carboxylic acids is 2. The molecule has 134 valence electrons. The molecule has 0 radical (unpaired) electrons. The fraction of sp³-hybridized carbons (Fsp3) is 0.867. The van der Waals surface area contributed by atoms with Gasteiger partial charge in [-0.2, -0.15) is 0 Å². The molecule has 0 saturated carbocycles. The van der Waals surface area contributed by atoms with E-state index in [1.807, 2.05) is 6.92 Å².